The SMILES string of the molecule is CC(C)c1cc(C(=O)N2Cc3ccc(CN4CCN(CC5CCN(Cc6cnc(C(=O)N7CCc8c(nc(-c9cnc(N)nc9)nc8N8CCOCC8)C7)cn6)CC5)CC4)cc3C2)c(O)cc1O. The van der Waals surface area contributed by atoms with E-state index < -0.39 is 0 Å². The molecule has 5 aliphatic heterocycles. The Bertz CT molecular complexity index is 2630. The van der Waals surface area contributed by atoms with Crippen LogP contribution in [0.3, 0.4) is 0 Å². The van der Waals surface area contributed by atoms with E-state index in [1.54, 1.807) is 40.7 Å². The van der Waals surface area contributed by atoms with Crippen LogP contribution in [0, 0.1) is 5.92 Å². The first-order chi connectivity index (χ1) is 33.0. The average molecular weight is 924 g/mol. The second kappa shape index (κ2) is 19.7. The number of nitrogen functional groups attached to an aromatic ring is 1. The minimum atomic E-state index is -0.225. The molecule has 8 heterocycles. The number of hydrogen-bond donors (Lipinski definition) is 3. The van der Waals surface area contributed by atoms with Crippen molar-refractivity contribution >= 4 is 23.6 Å². The number of rotatable bonds is 11. The van der Waals surface area contributed by atoms with Crippen LogP contribution >= 0.6 is 0 Å². The second-order valence-electron chi connectivity index (χ2n) is 19.2. The Labute approximate surface area is 396 Å². The lowest BCUT2D eigenvalue weighted by molar-refractivity contribution is 0.0722. The third-order valence-electron chi connectivity index (χ3n) is 14.3. The van der Waals surface area contributed by atoms with Gasteiger partial charge in [0.1, 0.15) is 23.0 Å². The number of carbonyl (C=O) groups excluding carboxylic acids is 2. The van der Waals surface area contributed by atoms with Crippen molar-refractivity contribution in [1.82, 2.24) is 54.4 Å². The van der Waals surface area contributed by atoms with Crippen LogP contribution < -0.4 is 10.6 Å². The molecule has 0 radical (unpaired) electrons. The number of morpholine rings is 1. The molecule has 4 N–H and O–H groups in total. The molecule has 5 aromatic rings. The molecule has 0 unspecified atom stereocenters. The third kappa shape index (κ3) is 9.95. The first-order valence-corrected chi connectivity index (χ1v) is 24.0. The van der Waals surface area contributed by atoms with E-state index in [0.717, 1.165) is 112 Å². The van der Waals surface area contributed by atoms with Crippen molar-refractivity contribution in [2.45, 2.75) is 71.8 Å². The highest BCUT2D eigenvalue weighted by Gasteiger charge is 2.32. The van der Waals surface area contributed by atoms with Crippen molar-refractivity contribution in [2.24, 2.45) is 5.92 Å². The Morgan fingerprint density at radius 3 is 2.21 bits per heavy atom. The predicted octanol–water partition coefficient (Wildman–Crippen LogP) is 4.06. The number of aromatic nitrogens is 6. The van der Waals surface area contributed by atoms with Gasteiger partial charge in [-0.25, -0.2) is 24.9 Å². The zero-order chi connectivity index (χ0) is 46.9. The molecule has 2 amide bonds. The zero-order valence-corrected chi connectivity index (χ0v) is 39.1. The van der Waals surface area contributed by atoms with Crippen molar-refractivity contribution in [3.63, 3.8) is 0 Å². The highest BCUT2D eigenvalue weighted by molar-refractivity contribution is 5.97. The highest BCUT2D eigenvalue weighted by atomic mass is 16.5. The van der Waals surface area contributed by atoms with Crippen LogP contribution in [-0.4, -0.2) is 155 Å². The number of fused-ring (bicyclic) bond motifs is 2. The van der Waals surface area contributed by atoms with Crippen molar-refractivity contribution in [3.05, 3.63) is 106 Å². The van der Waals surface area contributed by atoms with Gasteiger partial charge in [0, 0.05) is 103 Å². The first kappa shape index (κ1) is 45.4. The highest BCUT2D eigenvalue weighted by Crippen LogP contribution is 2.35. The monoisotopic (exact) mass is 923 g/mol. The molecular weight excluding hydrogens is 863 g/mol. The van der Waals surface area contributed by atoms with Gasteiger partial charge in [-0.05, 0) is 72.5 Å². The molecule has 0 atom stereocenters. The Morgan fingerprint density at radius 1 is 0.735 bits per heavy atom. The number of nitrogens with two attached hydrogens (primary N) is 1. The summed E-state index contributed by atoms with van der Waals surface area (Å²) in [5, 5.41) is 20.8. The van der Waals surface area contributed by atoms with E-state index >= 15 is 0 Å². The summed E-state index contributed by atoms with van der Waals surface area (Å²) in [5.41, 5.74) is 13.9. The van der Waals surface area contributed by atoms with Gasteiger partial charge >= 0.3 is 0 Å². The molecule has 5 aliphatic rings. The van der Waals surface area contributed by atoms with Crippen molar-refractivity contribution < 1.29 is 24.5 Å². The standard InChI is InChI=1S/C50H61N13O5/c1-32(2)40-20-41(45(65)21-44(40)64)48(66)63-28-35-4-3-34(19-36(35)29-63)27-60-13-11-59(12-14-60)26-33-5-8-58(9-6-33)30-38-24-53-42(25-52-38)49(67)62-10-7-39-43(31-62)56-46(37-22-54-50(51)55-23-37)57-47(39)61-15-17-68-18-16-61/h3-4,19-25,32-33,64-65H,5-18,26-31H2,1-2H3,(H2,51,54,55). The van der Waals surface area contributed by atoms with Gasteiger partial charge < -0.3 is 40.3 Å². The number of nitrogens with zero attached hydrogens (tertiary/aromatic N) is 12. The lowest BCUT2D eigenvalue weighted by Gasteiger charge is -2.39. The molecule has 0 bridgehead atoms. The normalized spacial score (nSPS) is 18.5. The van der Waals surface area contributed by atoms with Crippen molar-refractivity contribution in [2.75, 3.05) is 89.3 Å². The number of piperazine rings is 1. The van der Waals surface area contributed by atoms with Crippen molar-refractivity contribution in [3.8, 4) is 22.9 Å². The molecule has 0 saturated carbocycles. The van der Waals surface area contributed by atoms with Crippen LogP contribution in [0.2, 0.25) is 0 Å². The topological polar surface area (TPSA) is 207 Å². The molecular formula is C50H61N13O5. The van der Waals surface area contributed by atoms with Crippen LogP contribution in [0.4, 0.5) is 11.8 Å². The van der Waals surface area contributed by atoms with Gasteiger partial charge in [0.25, 0.3) is 11.8 Å². The van der Waals surface area contributed by atoms with E-state index in [4.69, 9.17) is 25.4 Å². The van der Waals surface area contributed by atoms with Crippen LogP contribution in [-0.2, 0) is 43.9 Å². The molecule has 3 fully saturated rings. The number of phenolic OH excluding ortho intramolecular Hbond substituents is 2. The third-order valence-corrected chi connectivity index (χ3v) is 14.3. The van der Waals surface area contributed by atoms with E-state index in [-0.39, 0.29) is 40.7 Å². The first-order valence-electron chi connectivity index (χ1n) is 24.0. The van der Waals surface area contributed by atoms with E-state index in [9.17, 15) is 19.8 Å². The number of ether oxygens (including phenoxy) is 1. The Kier molecular flexibility index (Phi) is 13.2. The average Bonchev–Trinajstić information content (AvgIpc) is 3.79. The molecule has 2 aromatic carbocycles. The maximum Gasteiger partial charge on any atom is 0.274 e. The Balaban J connectivity index is 0.668. The van der Waals surface area contributed by atoms with Gasteiger partial charge in [0.15, 0.2) is 5.82 Å². The quantitative estimate of drug-likeness (QED) is 0.171. The van der Waals surface area contributed by atoms with Crippen LogP contribution in [0.25, 0.3) is 11.4 Å². The minimum Gasteiger partial charge on any atom is -0.508 e. The number of likely N-dealkylation sites (tertiary alicyclic amines) is 1. The molecule has 18 nitrogen and oxygen atoms in total. The van der Waals surface area contributed by atoms with Gasteiger partial charge in [-0.1, -0.05) is 32.0 Å². The Hall–Kier alpha value is -6.34. The van der Waals surface area contributed by atoms with Crippen molar-refractivity contribution in [1.29, 1.82) is 0 Å². The predicted molar refractivity (Wildman–Crippen MR) is 255 cm³/mol. The summed E-state index contributed by atoms with van der Waals surface area (Å²) in [4.78, 5) is 68.2. The molecule has 68 heavy (non-hydrogen) atoms. The number of benzene rings is 2. The van der Waals surface area contributed by atoms with E-state index in [1.807, 2.05) is 13.8 Å². The summed E-state index contributed by atoms with van der Waals surface area (Å²) in [6.45, 7) is 17.4. The molecule has 10 rings (SSSR count). The number of amides is 2. The van der Waals surface area contributed by atoms with Gasteiger partial charge in [0.2, 0.25) is 5.95 Å². The van der Waals surface area contributed by atoms with Gasteiger partial charge in [-0.15, -0.1) is 0 Å². The van der Waals surface area contributed by atoms with Gasteiger partial charge in [-0.2, -0.15) is 0 Å². The molecule has 18 heteroatoms. The van der Waals surface area contributed by atoms with Crippen LogP contribution in [0.5, 0.6) is 11.5 Å². The molecule has 3 aromatic heterocycles. The smallest absolute Gasteiger partial charge is 0.274 e. The molecule has 0 aliphatic carbocycles. The number of aromatic hydroxyl groups is 2. The lowest BCUT2D eigenvalue weighted by atomic mass is 9.95. The summed E-state index contributed by atoms with van der Waals surface area (Å²) in [6.07, 6.45) is 9.53. The summed E-state index contributed by atoms with van der Waals surface area (Å²) in [7, 11) is 0. The fourth-order valence-electron chi connectivity index (χ4n) is 10.3. The maximum absolute atomic E-state index is 13.8. The zero-order valence-electron chi connectivity index (χ0n) is 39.1. The number of piperidine rings is 1. The Morgan fingerprint density at radius 2 is 1.47 bits per heavy atom. The van der Waals surface area contributed by atoms with Gasteiger partial charge in [-0.3, -0.25) is 24.4 Å². The molecule has 356 valence electrons. The summed E-state index contributed by atoms with van der Waals surface area (Å²) >= 11 is 0. The maximum atomic E-state index is 13.8. The van der Waals surface area contributed by atoms with Crippen LogP contribution in [0.15, 0.2) is 55.1 Å². The van der Waals surface area contributed by atoms with Gasteiger partial charge in [0.05, 0.1) is 54.7 Å². The van der Waals surface area contributed by atoms with E-state index in [0.29, 0.717) is 80.9 Å². The minimum absolute atomic E-state index is 0.00796. The molecule has 3 saturated heterocycles. The van der Waals surface area contributed by atoms with E-state index in [1.165, 1.54) is 11.6 Å². The largest absolute Gasteiger partial charge is 0.508 e. The molecule has 0 spiro atoms. The summed E-state index contributed by atoms with van der Waals surface area (Å²) < 4.78 is 5.61. The number of carbonyl (C=O) groups is 2. The number of anilines is 2. The fraction of sp³-hybridized carbons (Fsp3) is 0.480. The van der Waals surface area contributed by atoms with E-state index in [2.05, 4.69) is 52.8 Å². The lowest BCUT2D eigenvalue weighted by Crippen LogP contribution is -2.48. The number of phenols is 2. The number of hydrogen-bond acceptors (Lipinski definition) is 16. The van der Waals surface area contributed by atoms with Crippen LogP contribution in [0.1, 0.15) is 92.7 Å². The summed E-state index contributed by atoms with van der Waals surface area (Å²) in [6, 6.07) is 9.47. The fourth-order valence-corrected chi connectivity index (χ4v) is 10.3. The summed E-state index contributed by atoms with van der Waals surface area (Å²) in [5.74, 6) is 1.66. The second-order valence-corrected chi connectivity index (χ2v) is 19.2.